The van der Waals surface area contributed by atoms with E-state index in [0.29, 0.717) is 12.1 Å². The van der Waals surface area contributed by atoms with Crippen molar-refractivity contribution in [2.75, 3.05) is 13.1 Å². The van der Waals surface area contributed by atoms with Crippen LogP contribution in [0.25, 0.3) is 11.4 Å². The van der Waals surface area contributed by atoms with Gasteiger partial charge in [0.2, 0.25) is 0 Å². The summed E-state index contributed by atoms with van der Waals surface area (Å²) in [5.74, 6) is 0.976. The van der Waals surface area contributed by atoms with E-state index in [1.54, 1.807) is 18.6 Å². The maximum atomic E-state index is 12.8. The van der Waals surface area contributed by atoms with Crippen molar-refractivity contribution in [1.29, 1.82) is 0 Å². The second-order valence-electron chi connectivity index (χ2n) is 6.71. The fourth-order valence-electron chi connectivity index (χ4n) is 3.54. The van der Waals surface area contributed by atoms with Crippen molar-refractivity contribution >= 4 is 5.91 Å². The van der Waals surface area contributed by atoms with Gasteiger partial charge in [0.1, 0.15) is 5.82 Å². The Morgan fingerprint density at radius 2 is 1.88 bits per heavy atom. The molecule has 4 rings (SSSR count). The van der Waals surface area contributed by atoms with Crippen LogP contribution in [-0.2, 0) is 0 Å². The normalized spacial score (nSPS) is 16.8. The molecule has 1 atom stereocenters. The molecule has 1 aliphatic heterocycles. The van der Waals surface area contributed by atoms with E-state index in [2.05, 4.69) is 26.4 Å². The van der Waals surface area contributed by atoms with Gasteiger partial charge in [0.15, 0.2) is 0 Å². The summed E-state index contributed by atoms with van der Waals surface area (Å²) in [7, 11) is 0. The van der Waals surface area contributed by atoms with Gasteiger partial charge < -0.3 is 9.47 Å². The molecule has 0 spiro atoms. The zero-order valence-corrected chi connectivity index (χ0v) is 15.0. The minimum Gasteiger partial charge on any atom is -0.336 e. The molecular formula is C20H21N5O. The van der Waals surface area contributed by atoms with Gasteiger partial charge in [0, 0.05) is 54.8 Å². The third kappa shape index (κ3) is 2.98. The first-order chi connectivity index (χ1) is 12.6. The Labute approximate surface area is 152 Å². The lowest BCUT2D eigenvalue weighted by atomic mass is 10.2. The quantitative estimate of drug-likeness (QED) is 0.730. The molecule has 6 heteroatoms. The summed E-state index contributed by atoms with van der Waals surface area (Å²) in [6.45, 7) is 5.40. The molecule has 1 saturated heterocycles. The molecule has 1 fully saturated rings. The van der Waals surface area contributed by atoms with E-state index in [0.717, 1.165) is 35.7 Å². The van der Waals surface area contributed by atoms with E-state index >= 15 is 0 Å². The smallest absolute Gasteiger partial charge is 0.255 e. The molecule has 0 saturated carbocycles. The number of hydrogen-bond acceptors (Lipinski definition) is 4. The van der Waals surface area contributed by atoms with Gasteiger partial charge in [-0.05, 0) is 44.5 Å². The molecule has 3 aromatic heterocycles. The number of rotatable bonds is 3. The second kappa shape index (κ2) is 6.71. The van der Waals surface area contributed by atoms with Crippen molar-refractivity contribution in [3.8, 4) is 11.4 Å². The molecule has 6 nitrogen and oxygen atoms in total. The van der Waals surface area contributed by atoms with E-state index < -0.39 is 0 Å². The van der Waals surface area contributed by atoms with Crippen LogP contribution in [0.5, 0.6) is 0 Å². The van der Waals surface area contributed by atoms with Crippen molar-refractivity contribution in [3.63, 3.8) is 0 Å². The van der Waals surface area contributed by atoms with Gasteiger partial charge in [-0.15, -0.1) is 0 Å². The van der Waals surface area contributed by atoms with Gasteiger partial charge in [-0.2, -0.15) is 0 Å². The number of carbonyl (C=O) groups is 1. The van der Waals surface area contributed by atoms with Crippen molar-refractivity contribution in [2.24, 2.45) is 0 Å². The van der Waals surface area contributed by atoms with Crippen molar-refractivity contribution < 1.29 is 4.79 Å². The van der Waals surface area contributed by atoms with E-state index in [4.69, 9.17) is 0 Å². The molecule has 0 radical (unpaired) electrons. The SMILES string of the molecule is Cc1ccc(C(=O)N2CCC(n3c(C)cnc3-c3ccncc3)C2)cn1. The number of aryl methyl sites for hydroxylation is 2. The Kier molecular flexibility index (Phi) is 4.24. The number of amides is 1. The molecule has 0 N–H and O–H groups in total. The third-order valence-electron chi connectivity index (χ3n) is 4.89. The number of likely N-dealkylation sites (tertiary alicyclic amines) is 1. The van der Waals surface area contributed by atoms with Gasteiger partial charge in [-0.3, -0.25) is 14.8 Å². The predicted molar refractivity (Wildman–Crippen MR) is 98.7 cm³/mol. The lowest BCUT2D eigenvalue weighted by Crippen LogP contribution is -2.29. The van der Waals surface area contributed by atoms with Gasteiger partial charge in [0.25, 0.3) is 5.91 Å². The monoisotopic (exact) mass is 347 g/mol. The van der Waals surface area contributed by atoms with Crippen LogP contribution in [0, 0.1) is 13.8 Å². The van der Waals surface area contributed by atoms with Crippen LogP contribution in [-0.4, -0.2) is 43.4 Å². The van der Waals surface area contributed by atoms with Crippen molar-refractivity contribution in [3.05, 3.63) is 66.0 Å². The molecule has 1 unspecified atom stereocenters. The molecule has 26 heavy (non-hydrogen) atoms. The first-order valence-electron chi connectivity index (χ1n) is 8.79. The summed E-state index contributed by atoms with van der Waals surface area (Å²) < 4.78 is 2.25. The molecule has 0 aromatic carbocycles. The van der Waals surface area contributed by atoms with Gasteiger partial charge in [-0.1, -0.05) is 0 Å². The van der Waals surface area contributed by atoms with Gasteiger partial charge in [0.05, 0.1) is 11.6 Å². The van der Waals surface area contributed by atoms with Crippen LogP contribution < -0.4 is 0 Å². The molecule has 1 aliphatic rings. The lowest BCUT2D eigenvalue weighted by Gasteiger charge is -2.19. The average molecular weight is 347 g/mol. The molecule has 132 valence electrons. The Hall–Kier alpha value is -3.02. The van der Waals surface area contributed by atoms with E-state index in [9.17, 15) is 4.79 Å². The van der Waals surface area contributed by atoms with Gasteiger partial charge >= 0.3 is 0 Å². The molecule has 3 aromatic rings. The lowest BCUT2D eigenvalue weighted by molar-refractivity contribution is 0.0787. The number of carbonyl (C=O) groups excluding carboxylic acids is 1. The van der Waals surface area contributed by atoms with Crippen LogP contribution in [0.4, 0.5) is 0 Å². The minimum absolute atomic E-state index is 0.0447. The predicted octanol–water partition coefficient (Wildman–Crippen LogP) is 3.04. The Morgan fingerprint density at radius 1 is 1.08 bits per heavy atom. The molecule has 1 amide bonds. The van der Waals surface area contributed by atoms with Crippen LogP contribution in [0.3, 0.4) is 0 Å². The number of pyridine rings is 2. The highest BCUT2D eigenvalue weighted by Crippen LogP contribution is 2.30. The Morgan fingerprint density at radius 3 is 2.62 bits per heavy atom. The maximum Gasteiger partial charge on any atom is 0.255 e. The third-order valence-corrected chi connectivity index (χ3v) is 4.89. The summed E-state index contributed by atoms with van der Waals surface area (Å²) in [5.41, 5.74) is 3.71. The van der Waals surface area contributed by atoms with Crippen LogP contribution in [0.2, 0.25) is 0 Å². The number of hydrogen-bond donors (Lipinski definition) is 0. The van der Waals surface area contributed by atoms with E-state index in [1.807, 2.05) is 42.3 Å². The standard InChI is InChI=1S/C20H21N5O/c1-14-3-4-17(12-22-14)20(26)24-10-7-18(13-24)25-15(2)11-23-19(25)16-5-8-21-9-6-16/h3-6,8-9,11-12,18H,7,10,13H2,1-2H3. The summed E-state index contributed by atoms with van der Waals surface area (Å²) in [4.78, 5) is 27.6. The largest absolute Gasteiger partial charge is 0.336 e. The minimum atomic E-state index is 0.0447. The second-order valence-corrected chi connectivity index (χ2v) is 6.71. The summed E-state index contributed by atoms with van der Waals surface area (Å²) >= 11 is 0. The number of nitrogens with zero attached hydrogens (tertiary/aromatic N) is 5. The highest BCUT2D eigenvalue weighted by Gasteiger charge is 2.30. The molecule has 4 heterocycles. The van der Waals surface area contributed by atoms with Crippen molar-refractivity contribution in [1.82, 2.24) is 24.4 Å². The fourth-order valence-corrected chi connectivity index (χ4v) is 3.54. The zero-order chi connectivity index (χ0) is 18.1. The Bertz CT molecular complexity index is 917. The summed E-state index contributed by atoms with van der Waals surface area (Å²) in [5, 5.41) is 0. The molecule has 0 bridgehead atoms. The molecule has 0 aliphatic carbocycles. The first kappa shape index (κ1) is 16.4. The van der Waals surface area contributed by atoms with Crippen LogP contribution in [0.15, 0.2) is 49.1 Å². The Balaban J connectivity index is 1.57. The van der Waals surface area contributed by atoms with E-state index in [1.165, 1.54) is 0 Å². The first-order valence-corrected chi connectivity index (χ1v) is 8.79. The maximum absolute atomic E-state index is 12.8. The number of aromatic nitrogens is 4. The summed E-state index contributed by atoms with van der Waals surface area (Å²) in [6, 6.07) is 7.89. The van der Waals surface area contributed by atoms with Gasteiger partial charge in [-0.25, -0.2) is 4.98 Å². The molecular weight excluding hydrogens is 326 g/mol. The summed E-state index contributed by atoms with van der Waals surface area (Å²) in [6.07, 6.45) is 8.03. The van der Waals surface area contributed by atoms with Crippen LogP contribution >= 0.6 is 0 Å². The average Bonchev–Trinajstić information content (AvgIpc) is 3.29. The highest BCUT2D eigenvalue weighted by molar-refractivity contribution is 5.94. The van der Waals surface area contributed by atoms with E-state index in [-0.39, 0.29) is 11.9 Å². The zero-order valence-electron chi connectivity index (χ0n) is 15.0. The van der Waals surface area contributed by atoms with Crippen molar-refractivity contribution in [2.45, 2.75) is 26.3 Å². The number of imidazole rings is 1. The van der Waals surface area contributed by atoms with Crippen LogP contribution in [0.1, 0.15) is 34.2 Å². The highest BCUT2D eigenvalue weighted by atomic mass is 16.2. The fraction of sp³-hybridized carbons (Fsp3) is 0.300. The topological polar surface area (TPSA) is 63.9 Å².